The Labute approximate surface area is 99.4 Å². The number of rotatable bonds is 1. The summed E-state index contributed by atoms with van der Waals surface area (Å²) in [6.07, 6.45) is 2.82. The molecule has 3 heterocycles. The second kappa shape index (κ2) is 3.57. The maximum Gasteiger partial charge on any atom is 0.302 e. The fourth-order valence-electron chi connectivity index (χ4n) is 2.65. The van der Waals surface area contributed by atoms with Crippen molar-refractivity contribution in [2.24, 2.45) is 5.92 Å². The molecule has 0 radical (unpaired) electrons. The SMILES string of the molecule is CC[C@H]1OC2C(Oc3nc(=O)c(C)cn32)[C@H]1C. The van der Waals surface area contributed by atoms with Gasteiger partial charge in [0.05, 0.1) is 6.10 Å². The largest absolute Gasteiger partial charge is 0.456 e. The van der Waals surface area contributed by atoms with Gasteiger partial charge >= 0.3 is 6.01 Å². The summed E-state index contributed by atoms with van der Waals surface area (Å²) < 4.78 is 13.5. The van der Waals surface area contributed by atoms with Gasteiger partial charge in [-0.15, -0.1) is 0 Å². The Hall–Kier alpha value is -1.36. The fourth-order valence-corrected chi connectivity index (χ4v) is 2.65. The Kier molecular flexibility index (Phi) is 2.26. The van der Waals surface area contributed by atoms with Crippen LogP contribution in [-0.2, 0) is 4.74 Å². The van der Waals surface area contributed by atoms with Gasteiger partial charge in [-0.3, -0.25) is 9.36 Å². The first-order chi connectivity index (χ1) is 8.11. The summed E-state index contributed by atoms with van der Waals surface area (Å²) in [5, 5.41) is 0. The molecule has 17 heavy (non-hydrogen) atoms. The van der Waals surface area contributed by atoms with Crippen LogP contribution in [0.15, 0.2) is 11.0 Å². The summed E-state index contributed by atoms with van der Waals surface area (Å²) >= 11 is 0. The van der Waals surface area contributed by atoms with Crippen molar-refractivity contribution in [3.05, 3.63) is 22.1 Å². The van der Waals surface area contributed by atoms with Gasteiger partial charge in [0.15, 0.2) is 12.3 Å². The van der Waals surface area contributed by atoms with E-state index in [-0.39, 0.29) is 24.0 Å². The standard InChI is InChI=1S/C12H16N2O3/c1-4-8-7(3)9-11(16-8)14-5-6(2)10(15)13-12(14)17-9/h5,7-9,11H,4H2,1-3H3/t7-,8+,9?,11?/m0/s1. The van der Waals surface area contributed by atoms with Crippen molar-refractivity contribution in [1.29, 1.82) is 0 Å². The van der Waals surface area contributed by atoms with Gasteiger partial charge in [-0.1, -0.05) is 13.8 Å². The summed E-state index contributed by atoms with van der Waals surface area (Å²) in [4.78, 5) is 15.4. The topological polar surface area (TPSA) is 53.4 Å². The highest BCUT2D eigenvalue weighted by molar-refractivity contribution is 5.14. The molecule has 1 fully saturated rings. The molecule has 0 N–H and O–H groups in total. The lowest BCUT2D eigenvalue weighted by Crippen LogP contribution is -2.24. The van der Waals surface area contributed by atoms with Crippen LogP contribution in [0.5, 0.6) is 6.01 Å². The van der Waals surface area contributed by atoms with E-state index in [0.29, 0.717) is 17.5 Å². The first kappa shape index (κ1) is 10.8. The van der Waals surface area contributed by atoms with Crippen LogP contribution in [0.1, 0.15) is 32.1 Å². The second-order valence-electron chi connectivity index (χ2n) is 4.83. The molecule has 4 atom stereocenters. The molecule has 1 saturated heterocycles. The second-order valence-corrected chi connectivity index (χ2v) is 4.83. The smallest absolute Gasteiger partial charge is 0.302 e. The number of nitrogens with zero attached hydrogens (tertiary/aromatic N) is 2. The minimum absolute atomic E-state index is 0.0198. The predicted molar refractivity (Wildman–Crippen MR) is 61.0 cm³/mol. The number of aromatic nitrogens is 2. The lowest BCUT2D eigenvalue weighted by Gasteiger charge is -2.15. The average molecular weight is 236 g/mol. The first-order valence-corrected chi connectivity index (χ1v) is 6.03. The molecule has 1 aromatic rings. The molecule has 0 saturated carbocycles. The normalized spacial score (nSPS) is 34.3. The molecule has 3 rings (SSSR count). The van der Waals surface area contributed by atoms with E-state index in [9.17, 15) is 4.79 Å². The molecule has 92 valence electrons. The number of hydrogen-bond acceptors (Lipinski definition) is 4. The molecule has 0 spiro atoms. The third-order valence-electron chi connectivity index (χ3n) is 3.71. The fraction of sp³-hybridized carbons (Fsp3) is 0.667. The lowest BCUT2D eigenvalue weighted by atomic mass is 9.99. The van der Waals surface area contributed by atoms with Crippen LogP contribution >= 0.6 is 0 Å². The van der Waals surface area contributed by atoms with E-state index < -0.39 is 0 Å². The van der Waals surface area contributed by atoms with Crippen molar-refractivity contribution in [1.82, 2.24) is 9.55 Å². The highest BCUT2D eigenvalue weighted by atomic mass is 16.6. The van der Waals surface area contributed by atoms with E-state index >= 15 is 0 Å². The van der Waals surface area contributed by atoms with Crippen molar-refractivity contribution in [2.75, 3.05) is 0 Å². The molecule has 5 heteroatoms. The Balaban J connectivity index is 2.02. The van der Waals surface area contributed by atoms with E-state index in [1.54, 1.807) is 13.1 Å². The Morgan fingerprint density at radius 3 is 3.00 bits per heavy atom. The Morgan fingerprint density at radius 2 is 2.29 bits per heavy atom. The van der Waals surface area contributed by atoms with Crippen LogP contribution in [-0.4, -0.2) is 21.8 Å². The summed E-state index contributed by atoms with van der Waals surface area (Å²) in [5.74, 6) is 0.321. The van der Waals surface area contributed by atoms with Crippen LogP contribution in [0, 0.1) is 12.8 Å². The molecule has 2 aliphatic heterocycles. The third-order valence-corrected chi connectivity index (χ3v) is 3.71. The quantitative estimate of drug-likeness (QED) is 0.736. The van der Waals surface area contributed by atoms with E-state index in [1.165, 1.54) is 0 Å². The molecule has 0 aliphatic carbocycles. The predicted octanol–water partition coefficient (Wildman–Crippen LogP) is 1.26. The molecule has 1 aromatic heterocycles. The van der Waals surface area contributed by atoms with Crippen molar-refractivity contribution in [3.8, 4) is 6.01 Å². The zero-order valence-corrected chi connectivity index (χ0v) is 10.2. The highest BCUT2D eigenvalue weighted by Crippen LogP contribution is 2.42. The van der Waals surface area contributed by atoms with Gasteiger partial charge in [0, 0.05) is 17.7 Å². The van der Waals surface area contributed by atoms with E-state index in [0.717, 1.165) is 6.42 Å². The molecule has 0 amide bonds. The molecular formula is C12H16N2O3. The van der Waals surface area contributed by atoms with Crippen LogP contribution < -0.4 is 10.3 Å². The number of fused-ring (bicyclic) bond motifs is 3. The number of aryl methyl sites for hydroxylation is 1. The van der Waals surface area contributed by atoms with Crippen molar-refractivity contribution >= 4 is 0 Å². The molecule has 2 aliphatic rings. The van der Waals surface area contributed by atoms with Crippen LogP contribution in [0.25, 0.3) is 0 Å². The summed E-state index contributed by atoms with van der Waals surface area (Å²) in [5.41, 5.74) is 0.394. The molecule has 0 aromatic carbocycles. The van der Waals surface area contributed by atoms with E-state index in [1.807, 2.05) is 4.57 Å². The third kappa shape index (κ3) is 1.42. The number of hydrogen-bond donors (Lipinski definition) is 0. The van der Waals surface area contributed by atoms with Crippen LogP contribution in [0.3, 0.4) is 0 Å². The van der Waals surface area contributed by atoms with Gasteiger partial charge in [-0.25, -0.2) is 0 Å². The van der Waals surface area contributed by atoms with E-state index in [4.69, 9.17) is 9.47 Å². The van der Waals surface area contributed by atoms with Gasteiger partial charge in [-0.05, 0) is 13.3 Å². The monoisotopic (exact) mass is 236 g/mol. The molecule has 2 unspecified atom stereocenters. The van der Waals surface area contributed by atoms with Gasteiger partial charge in [0.2, 0.25) is 0 Å². The zero-order chi connectivity index (χ0) is 12.2. The zero-order valence-electron chi connectivity index (χ0n) is 10.2. The average Bonchev–Trinajstić information content (AvgIpc) is 2.78. The maximum absolute atomic E-state index is 11.5. The minimum Gasteiger partial charge on any atom is -0.456 e. The van der Waals surface area contributed by atoms with Gasteiger partial charge in [0.25, 0.3) is 5.56 Å². The van der Waals surface area contributed by atoms with Crippen LogP contribution in [0.4, 0.5) is 0 Å². The number of ether oxygens (including phenoxy) is 2. The van der Waals surface area contributed by atoms with Gasteiger partial charge in [-0.2, -0.15) is 4.98 Å². The molecule has 5 nitrogen and oxygen atoms in total. The van der Waals surface area contributed by atoms with Crippen molar-refractivity contribution < 1.29 is 9.47 Å². The van der Waals surface area contributed by atoms with Crippen molar-refractivity contribution in [3.63, 3.8) is 0 Å². The summed E-state index contributed by atoms with van der Waals surface area (Å²) in [7, 11) is 0. The molecule has 0 bridgehead atoms. The Morgan fingerprint density at radius 1 is 1.53 bits per heavy atom. The first-order valence-electron chi connectivity index (χ1n) is 6.03. The van der Waals surface area contributed by atoms with Gasteiger partial charge < -0.3 is 9.47 Å². The minimum atomic E-state index is -0.226. The van der Waals surface area contributed by atoms with Crippen LogP contribution in [0.2, 0.25) is 0 Å². The summed E-state index contributed by atoms with van der Waals surface area (Å²) in [6, 6.07) is 0.386. The van der Waals surface area contributed by atoms with E-state index in [2.05, 4.69) is 18.8 Å². The summed E-state index contributed by atoms with van der Waals surface area (Å²) in [6.45, 7) is 5.99. The highest BCUT2D eigenvalue weighted by Gasteiger charge is 2.48. The van der Waals surface area contributed by atoms with Gasteiger partial charge in [0.1, 0.15) is 0 Å². The maximum atomic E-state index is 11.5. The van der Waals surface area contributed by atoms with Crippen molar-refractivity contribution in [2.45, 2.75) is 45.6 Å². The molecular weight excluding hydrogens is 220 g/mol. The lowest BCUT2D eigenvalue weighted by molar-refractivity contribution is -0.00774. The Bertz CT molecular complexity index is 511.